The Hall–Kier alpha value is -1.62. The summed E-state index contributed by atoms with van der Waals surface area (Å²) in [7, 11) is 1.55. The second-order valence-electron chi connectivity index (χ2n) is 4.39. The molecule has 1 aromatic heterocycles. The number of likely N-dealkylation sites (N-methyl/N-ethyl adjacent to an activating group) is 1. The second kappa shape index (κ2) is 4.49. The molecule has 1 aromatic rings. The van der Waals surface area contributed by atoms with E-state index < -0.39 is 17.1 Å². The molecule has 1 rings (SSSR count). The van der Waals surface area contributed by atoms with Crippen molar-refractivity contribution in [2.75, 3.05) is 13.6 Å². The molecule has 1 amide bonds. The first-order chi connectivity index (χ1) is 7.31. The normalized spacial score (nSPS) is 11.2. The summed E-state index contributed by atoms with van der Waals surface area (Å²) >= 11 is 0. The molecule has 0 saturated carbocycles. The molecule has 5 heteroatoms. The first-order valence-electron chi connectivity index (χ1n) is 4.97. The summed E-state index contributed by atoms with van der Waals surface area (Å²) in [6, 6.07) is 3.05. The lowest BCUT2D eigenvalue weighted by atomic mass is 10.1. The second-order valence-corrected chi connectivity index (χ2v) is 4.39. The summed E-state index contributed by atoms with van der Waals surface area (Å²) in [6.07, 6.45) is 1.47. The molecular weight excluding hydrogens is 208 g/mol. The minimum absolute atomic E-state index is 0.0780. The van der Waals surface area contributed by atoms with Crippen molar-refractivity contribution in [3.63, 3.8) is 0 Å². The largest absolute Gasteiger partial charge is 0.389 e. The molecule has 0 aliphatic rings. The standard InChI is InChI=1S/C11H16N2O3/c1-11(2,16)7-13(3)10(15)8-5-4-6-12-9(8)14/h4-6,16H,7H2,1-3H3,(H,12,14). The van der Waals surface area contributed by atoms with E-state index in [9.17, 15) is 14.7 Å². The van der Waals surface area contributed by atoms with Crippen LogP contribution in [0.15, 0.2) is 23.1 Å². The van der Waals surface area contributed by atoms with Crippen LogP contribution in [0.5, 0.6) is 0 Å². The highest BCUT2D eigenvalue weighted by Crippen LogP contribution is 2.05. The summed E-state index contributed by atoms with van der Waals surface area (Å²) in [5.74, 6) is -0.399. The van der Waals surface area contributed by atoms with Gasteiger partial charge in [0.1, 0.15) is 5.56 Å². The highest BCUT2D eigenvalue weighted by molar-refractivity contribution is 5.93. The van der Waals surface area contributed by atoms with Crippen LogP contribution in [-0.2, 0) is 0 Å². The van der Waals surface area contributed by atoms with Crippen molar-refractivity contribution in [3.8, 4) is 0 Å². The number of hydrogen-bond acceptors (Lipinski definition) is 3. The topological polar surface area (TPSA) is 73.4 Å². The van der Waals surface area contributed by atoms with E-state index in [1.165, 1.54) is 17.2 Å². The van der Waals surface area contributed by atoms with Gasteiger partial charge in [-0.15, -0.1) is 0 Å². The molecule has 0 aliphatic carbocycles. The summed E-state index contributed by atoms with van der Waals surface area (Å²) in [6.45, 7) is 3.37. The van der Waals surface area contributed by atoms with Crippen LogP contribution >= 0.6 is 0 Å². The number of nitrogens with one attached hydrogen (secondary N) is 1. The molecule has 2 N–H and O–H groups in total. The first kappa shape index (κ1) is 12.4. The van der Waals surface area contributed by atoms with Gasteiger partial charge >= 0.3 is 0 Å². The number of nitrogens with zero attached hydrogens (tertiary/aromatic N) is 1. The van der Waals surface area contributed by atoms with Gasteiger partial charge < -0.3 is 15.0 Å². The van der Waals surface area contributed by atoms with Gasteiger partial charge in [0.15, 0.2) is 0 Å². The van der Waals surface area contributed by atoms with Gasteiger partial charge in [0, 0.05) is 19.8 Å². The van der Waals surface area contributed by atoms with Gasteiger partial charge in [-0.25, -0.2) is 0 Å². The van der Waals surface area contributed by atoms with Gasteiger partial charge in [0.05, 0.1) is 5.60 Å². The fraction of sp³-hybridized carbons (Fsp3) is 0.455. The zero-order valence-corrected chi connectivity index (χ0v) is 9.65. The number of carbonyl (C=O) groups is 1. The first-order valence-corrected chi connectivity index (χ1v) is 4.97. The van der Waals surface area contributed by atoms with E-state index in [2.05, 4.69) is 4.98 Å². The number of carbonyl (C=O) groups excluding carboxylic acids is 1. The van der Waals surface area contributed by atoms with Crippen LogP contribution in [0.25, 0.3) is 0 Å². The molecule has 0 aliphatic heterocycles. The molecule has 88 valence electrons. The van der Waals surface area contributed by atoms with Gasteiger partial charge in [0.2, 0.25) is 0 Å². The third kappa shape index (κ3) is 3.20. The molecule has 0 fully saturated rings. The Labute approximate surface area is 93.7 Å². The van der Waals surface area contributed by atoms with E-state index in [1.807, 2.05) is 0 Å². The van der Waals surface area contributed by atoms with Crippen LogP contribution in [0.2, 0.25) is 0 Å². The zero-order chi connectivity index (χ0) is 12.3. The maximum absolute atomic E-state index is 11.8. The molecule has 0 saturated heterocycles. The molecular formula is C11H16N2O3. The summed E-state index contributed by atoms with van der Waals surface area (Å²) in [5, 5.41) is 9.57. The molecule has 0 aromatic carbocycles. The maximum atomic E-state index is 11.8. The average molecular weight is 224 g/mol. The van der Waals surface area contributed by atoms with Crippen LogP contribution in [0.1, 0.15) is 24.2 Å². The summed E-state index contributed by atoms with van der Waals surface area (Å²) < 4.78 is 0. The molecule has 0 spiro atoms. The Morgan fingerprint density at radius 1 is 1.56 bits per heavy atom. The Morgan fingerprint density at radius 3 is 2.69 bits per heavy atom. The average Bonchev–Trinajstić information content (AvgIpc) is 2.15. The van der Waals surface area contributed by atoms with E-state index >= 15 is 0 Å². The quantitative estimate of drug-likeness (QED) is 0.771. The van der Waals surface area contributed by atoms with Crippen LogP contribution in [0.3, 0.4) is 0 Å². The van der Waals surface area contributed by atoms with E-state index in [4.69, 9.17) is 0 Å². The number of hydrogen-bond donors (Lipinski definition) is 2. The summed E-state index contributed by atoms with van der Waals surface area (Å²) in [4.78, 5) is 27.0. The predicted octanol–water partition coefficient (Wildman–Crippen LogP) is 0.218. The lowest BCUT2D eigenvalue weighted by Crippen LogP contribution is -2.41. The fourth-order valence-corrected chi connectivity index (χ4v) is 1.45. The van der Waals surface area contributed by atoms with Gasteiger partial charge in [-0.1, -0.05) is 0 Å². The molecule has 0 bridgehead atoms. The number of aliphatic hydroxyl groups is 1. The van der Waals surface area contributed by atoms with Gasteiger partial charge in [0.25, 0.3) is 11.5 Å². The number of pyridine rings is 1. The smallest absolute Gasteiger partial charge is 0.260 e. The minimum atomic E-state index is -0.980. The maximum Gasteiger partial charge on any atom is 0.260 e. The molecule has 1 heterocycles. The Bertz CT molecular complexity index is 431. The number of aromatic amines is 1. The Kier molecular flexibility index (Phi) is 3.49. The van der Waals surface area contributed by atoms with Gasteiger partial charge in [-0.05, 0) is 26.0 Å². The van der Waals surface area contributed by atoms with Crippen molar-refractivity contribution >= 4 is 5.91 Å². The molecule has 0 radical (unpaired) electrons. The van der Waals surface area contributed by atoms with Crippen molar-refractivity contribution in [1.82, 2.24) is 9.88 Å². The van der Waals surface area contributed by atoms with Crippen LogP contribution in [0.4, 0.5) is 0 Å². The van der Waals surface area contributed by atoms with E-state index in [1.54, 1.807) is 27.0 Å². The number of aromatic nitrogens is 1. The monoisotopic (exact) mass is 224 g/mol. The van der Waals surface area contributed by atoms with Gasteiger partial charge in [-0.2, -0.15) is 0 Å². The Morgan fingerprint density at radius 2 is 2.19 bits per heavy atom. The Balaban J connectivity index is 2.87. The zero-order valence-electron chi connectivity index (χ0n) is 9.65. The predicted molar refractivity (Wildman–Crippen MR) is 60.3 cm³/mol. The lowest BCUT2D eigenvalue weighted by molar-refractivity contribution is 0.0367. The third-order valence-electron chi connectivity index (χ3n) is 2.02. The summed E-state index contributed by atoms with van der Waals surface area (Å²) in [5.41, 5.74) is -1.32. The van der Waals surface area contributed by atoms with E-state index in [0.29, 0.717) is 0 Å². The van der Waals surface area contributed by atoms with E-state index in [0.717, 1.165) is 0 Å². The van der Waals surface area contributed by atoms with Crippen molar-refractivity contribution < 1.29 is 9.90 Å². The fourth-order valence-electron chi connectivity index (χ4n) is 1.45. The molecule has 0 atom stereocenters. The van der Waals surface area contributed by atoms with Crippen LogP contribution in [-0.4, -0.2) is 40.1 Å². The minimum Gasteiger partial charge on any atom is -0.389 e. The van der Waals surface area contributed by atoms with E-state index in [-0.39, 0.29) is 12.1 Å². The lowest BCUT2D eigenvalue weighted by Gasteiger charge is -2.25. The van der Waals surface area contributed by atoms with Crippen LogP contribution in [0, 0.1) is 0 Å². The molecule has 0 unspecified atom stereocenters. The highest BCUT2D eigenvalue weighted by atomic mass is 16.3. The highest BCUT2D eigenvalue weighted by Gasteiger charge is 2.21. The van der Waals surface area contributed by atoms with Crippen molar-refractivity contribution in [3.05, 3.63) is 34.2 Å². The van der Waals surface area contributed by atoms with Crippen LogP contribution < -0.4 is 5.56 Å². The SMILES string of the molecule is CN(CC(C)(C)O)C(=O)c1ccc[nH]c1=O. The van der Waals surface area contributed by atoms with Crippen molar-refractivity contribution in [2.45, 2.75) is 19.4 Å². The number of H-pyrrole nitrogens is 1. The number of amides is 1. The molecule has 5 nitrogen and oxygen atoms in total. The van der Waals surface area contributed by atoms with Crippen molar-refractivity contribution in [2.24, 2.45) is 0 Å². The molecule has 16 heavy (non-hydrogen) atoms. The van der Waals surface area contributed by atoms with Crippen molar-refractivity contribution in [1.29, 1.82) is 0 Å². The van der Waals surface area contributed by atoms with Gasteiger partial charge in [-0.3, -0.25) is 9.59 Å². The third-order valence-corrected chi connectivity index (χ3v) is 2.02. The number of rotatable bonds is 3.